The van der Waals surface area contributed by atoms with Crippen molar-refractivity contribution in [2.45, 2.75) is 6.54 Å². The largest absolute Gasteiger partial charge is 0.493 e. The van der Waals surface area contributed by atoms with E-state index in [1.807, 2.05) is 12.1 Å². The van der Waals surface area contributed by atoms with Gasteiger partial charge in [-0.3, -0.25) is 0 Å². The predicted molar refractivity (Wildman–Crippen MR) is 73.9 cm³/mol. The lowest BCUT2D eigenvalue weighted by Gasteiger charge is -2.07. The van der Waals surface area contributed by atoms with Crippen molar-refractivity contribution in [2.75, 3.05) is 38.9 Å². The van der Waals surface area contributed by atoms with E-state index in [-0.39, 0.29) is 0 Å². The Kier molecular flexibility index (Phi) is 7.88. The fraction of sp³-hybridized carbons (Fsp3) is 0.538. The minimum atomic E-state index is 0.746. The van der Waals surface area contributed by atoms with Gasteiger partial charge in [-0.2, -0.15) is 11.8 Å². The molecule has 0 radical (unpaired) electrons. The molecule has 96 valence electrons. The number of hydrogen-bond acceptors (Lipinski definition) is 4. The molecule has 0 heterocycles. The normalized spacial score (nSPS) is 10.5. The van der Waals surface area contributed by atoms with Crippen molar-refractivity contribution in [3.05, 3.63) is 29.8 Å². The molecule has 1 N–H and O–H groups in total. The van der Waals surface area contributed by atoms with Gasteiger partial charge in [0.1, 0.15) is 5.75 Å². The van der Waals surface area contributed by atoms with Crippen molar-refractivity contribution in [3.63, 3.8) is 0 Å². The van der Waals surface area contributed by atoms with Gasteiger partial charge in [0, 0.05) is 26.0 Å². The first-order chi connectivity index (χ1) is 8.36. The Morgan fingerprint density at radius 1 is 1.18 bits per heavy atom. The molecule has 0 aliphatic carbocycles. The lowest BCUT2D eigenvalue weighted by Crippen LogP contribution is -2.18. The molecule has 1 aromatic carbocycles. The molecule has 1 rings (SSSR count). The molecule has 0 fully saturated rings. The van der Waals surface area contributed by atoms with Crippen molar-refractivity contribution >= 4 is 11.8 Å². The minimum Gasteiger partial charge on any atom is -0.493 e. The summed E-state index contributed by atoms with van der Waals surface area (Å²) in [4.78, 5) is 0. The molecule has 0 bridgehead atoms. The van der Waals surface area contributed by atoms with Crippen LogP contribution in [-0.4, -0.2) is 38.9 Å². The Morgan fingerprint density at radius 2 is 1.94 bits per heavy atom. The fourth-order valence-corrected chi connectivity index (χ4v) is 1.60. The third-order valence-corrected chi connectivity index (χ3v) is 2.87. The first-order valence-corrected chi connectivity index (χ1v) is 7.16. The van der Waals surface area contributed by atoms with Gasteiger partial charge in [0.15, 0.2) is 0 Å². The van der Waals surface area contributed by atoms with Crippen LogP contribution in [0.5, 0.6) is 5.75 Å². The van der Waals surface area contributed by atoms with E-state index in [0.717, 1.165) is 37.8 Å². The number of nitrogens with one attached hydrogen (secondary N) is 1. The highest BCUT2D eigenvalue weighted by molar-refractivity contribution is 7.98. The average Bonchev–Trinajstić information content (AvgIpc) is 2.37. The number of benzene rings is 1. The second kappa shape index (κ2) is 9.33. The van der Waals surface area contributed by atoms with E-state index in [1.54, 1.807) is 18.9 Å². The third-order valence-electron chi connectivity index (χ3n) is 2.29. The molecular weight excluding hydrogens is 234 g/mol. The van der Waals surface area contributed by atoms with Crippen LogP contribution in [0.2, 0.25) is 0 Å². The Bertz CT molecular complexity index is 290. The molecule has 0 aliphatic heterocycles. The Hall–Kier alpha value is -0.710. The highest BCUT2D eigenvalue weighted by atomic mass is 32.2. The monoisotopic (exact) mass is 255 g/mol. The number of hydrogen-bond donors (Lipinski definition) is 1. The van der Waals surface area contributed by atoms with E-state index >= 15 is 0 Å². The Balaban J connectivity index is 2.24. The molecule has 0 atom stereocenters. The number of ether oxygens (including phenoxy) is 2. The molecule has 0 saturated carbocycles. The summed E-state index contributed by atoms with van der Waals surface area (Å²) in [5.74, 6) is 1.97. The molecule has 0 aliphatic rings. The van der Waals surface area contributed by atoms with Crippen LogP contribution in [0.15, 0.2) is 24.3 Å². The van der Waals surface area contributed by atoms with Crippen molar-refractivity contribution in [1.29, 1.82) is 0 Å². The highest BCUT2D eigenvalue weighted by Crippen LogP contribution is 2.12. The summed E-state index contributed by atoms with van der Waals surface area (Å²) in [6, 6.07) is 8.23. The summed E-state index contributed by atoms with van der Waals surface area (Å²) in [5, 5.41) is 3.31. The van der Waals surface area contributed by atoms with Crippen LogP contribution in [0, 0.1) is 0 Å². The summed E-state index contributed by atoms with van der Waals surface area (Å²) >= 11 is 1.79. The number of methoxy groups -OCH3 is 1. The van der Waals surface area contributed by atoms with Gasteiger partial charge >= 0.3 is 0 Å². The second-order valence-electron chi connectivity index (χ2n) is 3.65. The van der Waals surface area contributed by atoms with Gasteiger partial charge in [-0.25, -0.2) is 0 Å². The standard InChI is InChI=1S/C13H21NO2S/c1-15-8-7-14-11-12-3-5-13(6-4-12)16-9-10-17-2/h3-6,14H,7-11H2,1-2H3. The topological polar surface area (TPSA) is 30.5 Å². The van der Waals surface area contributed by atoms with Gasteiger partial charge in [-0.15, -0.1) is 0 Å². The van der Waals surface area contributed by atoms with Gasteiger partial charge in [-0.05, 0) is 24.0 Å². The zero-order chi connectivity index (χ0) is 12.3. The smallest absolute Gasteiger partial charge is 0.119 e. The first kappa shape index (κ1) is 14.4. The van der Waals surface area contributed by atoms with Crippen LogP contribution in [0.3, 0.4) is 0 Å². The zero-order valence-electron chi connectivity index (χ0n) is 10.6. The van der Waals surface area contributed by atoms with Gasteiger partial charge in [-0.1, -0.05) is 12.1 Å². The Labute approximate surface area is 108 Å². The number of thioether (sulfide) groups is 1. The summed E-state index contributed by atoms with van der Waals surface area (Å²) in [6.07, 6.45) is 2.08. The van der Waals surface area contributed by atoms with Gasteiger partial charge < -0.3 is 14.8 Å². The molecule has 1 aromatic rings. The molecule has 4 heteroatoms. The Morgan fingerprint density at radius 3 is 2.59 bits per heavy atom. The van der Waals surface area contributed by atoms with E-state index in [9.17, 15) is 0 Å². The van der Waals surface area contributed by atoms with Crippen molar-refractivity contribution in [1.82, 2.24) is 5.32 Å². The van der Waals surface area contributed by atoms with Crippen LogP contribution in [-0.2, 0) is 11.3 Å². The number of rotatable bonds is 9. The summed E-state index contributed by atoms with van der Waals surface area (Å²) in [5.41, 5.74) is 1.26. The minimum absolute atomic E-state index is 0.746. The molecule has 0 saturated heterocycles. The van der Waals surface area contributed by atoms with Crippen LogP contribution >= 0.6 is 11.8 Å². The van der Waals surface area contributed by atoms with Crippen molar-refractivity contribution in [2.24, 2.45) is 0 Å². The highest BCUT2D eigenvalue weighted by Gasteiger charge is 1.95. The zero-order valence-corrected chi connectivity index (χ0v) is 11.4. The third kappa shape index (κ3) is 6.56. The molecule has 0 spiro atoms. The van der Waals surface area contributed by atoms with Crippen LogP contribution < -0.4 is 10.1 Å². The lowest BCUT2D eigenvalue weighted by molar-refractivity contribution is 0.199. The van der Waals surface area contributed by atoms with Crippen molar-refractivity contribution < 1.29 is 9.47 Å². The maximum Gasteiger partial charge on any atom is 0.119 e. The van der Waals surface area contributed by atoms with Crippen molar-refractivity contribution in [3.8, 4) is 5.75 Å². The molecule has 3 nitrogen and oxygen atoms in total. The van der Waals surface area contributed by atoms with E-state index in [2.05, 4.69) is 23.7 Å². The van der Waals surface area contributed by atoms with E-state index in [4.69, 9.17) is 9.47 Å². The SMILES string of the molecule is COCCNCc1ccc(OCCSC)cc1. The summed E-state index contributed by atoms with van der Waals surface area (Å²) in [6.45, 7) is 3.26. The van der Waals surface area contributed by atoms with Gasteiger partial charge in [0.25, 0.3) is 0 Å². The van der Waals surface area contributed by atoms with Crippen LogP contribution in [0.4, 0.5) is 0 Å². The van der Waals surface area contributed by atoms with E-state index < -0.39 is 0 Å². The summed E-state index contributed by atoms with van der Waals surface area (Å²) in [7, 11) is 1.71. The quantitative estimate of drug-likeness (QED) is 0.685. The van der Waals surface area contributed by atoms with Gasteiger partial charge in [0.05, 0.1) is 13.2 Å². The second-order valence-corrected chi connectivity index (χ2v) is 4.64. The maximum absolute atomic E-state index is 5.58. The van der Waals surface area contributed by atoms with Gasteiger partial charge in [0.2, 0.25) is 0 Å². The van der Waals surface area contributed by atoms with Crippen LogP contribution in [0.25, 0.3) is 0 Å². The molecule has 0 aromatic heterocycles. The molecule has 0 unspecified atom stereocenters. The first-order valence-electron chi connectivity index (χ1n) is 5.77. The maximum atomic E-state index is 5.58. The molecular formula is C13H21NO2S. The lowest BCUT2D eigenvalue weighted by atomic mass is 10.2. The van der Waals surface area contributed by atoms with Crippen LogP contribution in [0.1, 0.15) is 5.56 Å². The fourth-order valence-electron chi connectivity index (χ4n) is 1.35. The summed E-state index contributed by atoms with van der Waals surface area (Å²) < 4.78 is 10.6. The molecule has 17 heavy (non-hydrogen) atoms. The molecule has 0 amide bonds. The van der Waals surface area contributed by atoms with E-state index in [0.29, 0.717) is 0 Å². The predicted octanol–water partition coefficient (Wildman–Crippen LogP) is 2.16. The average molecular weight is 255 g/mol. The van der Waals surface area contributed by atoms with E-state index in [1.165, 1.54) is 5.56 Å².